The molecule has 0 saturated carbocycles. The molecule has 1 aliphatic rings. The van der Waals surface area contributed by atoms with Crippen LogP contribution in [0.25, 0.3) is 0 Å². The zero-order chi connectivity index (χ0) is 17.6. The summed E-state index contributed by atoms with van der Waals surface area (Å²) in [6.07, 6.45) is 0.911. The Kier molecular flexibility index (Phi) is 6.04. The van der Waals surface area contributed by atoms with E-state index in [0.717, 1.165) is 43.9 Å². The van der Waals surface area contributed by atoms with Crippen LogP contribution in [0, 0.1) is 11.6 Å². The van der Waals surface area contributed by atoms with Crippen molar-refractivity contribution in [3.05, 3.63) is 65.7 Å². The number of likely N-dealkylation sites (tertiary alicyclic amines) is 1. The van der Waals surface area contributed by atoms with Gasteiger partial charge in [0.15, 0.2) is 0 Å². The maximum atomic E-state index is 13.6. The first-order valence-corrected chi connectivity index (χ1v) is 9.22. The average Bonchev–Trinajstić information content (AvgIpc) is 3.02. The largest absolute Gasteiger partial charge is 0.351 e. The zero-order valence-corrected chi connectivity index (χ0v) is 14.6. The van der Waals surface area contributed by atoms with E-state index in [1.54, 1.807) is 0 Å². The second kappa shape index (κ2) is 8.45. The number of amides is 1. The highest BCUT2D eigenvalue weighted by atomic mass is 32.2. The second-order valence-electron chi connectivity index (χ2n) is 6.14. The van der Waals surface area contributed by atoms with Crippen LogP contribution in [0.4, 0.5) is 8.78 Å². The zero-order valence-electron chi connectivity index (χ0n) is 13.8. The SMILES string of the molecule is O=C(CSc1ccc(F)cc1F)N[C@@H]1CCN(Cc2ccccc2)C1. The van der Waals surface area contributed by atoms with E-state index in [2.05, 4.69) is 22.3 Å². The molecule has 2 aromatic rings. The van der Waals surface area contributed by atoms with Crippen LogP contribution >= 0.6 is 11.8 Å². The van der Waals surface area contributed by atoms with Gasteiger partial charge in [-0.2, -0.15) is 0 Å². The van der Waals surface area contributed by atoms with Gasteiger partial charge in [-0.1, -0.05) is 30.3 Å². The van der Waals surface area contributed by atoms with Crippen LogP contribution in [0.1, 0.15) is 12.0 Å². The van der Waals surface area contributed by atoms with Crippen molar-refractivity contribution in [2.75, 3.05) is 18.8 Å². The molecule has 1 fully saturated rings. The number of carbonyl (C=O) groups is 1. The van der Waals surface area contributed by atoms with E-state index in [0.29, 0.717) is 0 Å². The number of carbonyl (C=O) groups excluding carboxylic acids is 1. The minimum atomic E-state index is -0.632. The van der Waals surface area contributed by atoms with Gasteiger partial charge in [0, 0.05) is 36.6 Å². The second-order valence-corrected chi connectivity index (χ2v) is 7.15. The molecule has 1 saturated heterocycles. The molecule has 0 radical (unpaired) electrons. The summed E-state index contributed by atoms with van der Waals surface area (Å²) in [6, 6.07) is 13.8. The highest BCUT2D eigenvalue weighted by Gasteiger charge is 2.23. The van der Waals surface area contributed by atoms with Crippen molar-refractivity contribution in [2.24, 2.45) is 0 Å². The molecular formula is C19H20F2N2OS. The summed E-state index contributed by atoms with van der Waals surface area (Å²) >= 11 is 1.08. The molecule has 3 rings (SSSR count). The first-order valence-electron chi connectivity index (χ1n) is 8.23. The van der Waals surface area contributed by atoms with Gasteiger partial charge in [0.25, 0.3) is 0 Å². The first kappa shape index (κ1) is 17.9. The minimum absolute atomic E-state index is 0.120. The number of hydrogen-bond acceptors (Lipinski definition) is 3. The molecule has 1 heterocycles. The molecule has 0 aliphatic carbocycles. The third-order valence-electron chi connectivity index (χ3n) is 4.14. The lowest BCUT2D eigenvalue weighted by molar-refractivity contribution is -0.119. The molecule has 2 aromatic carbocycles. The fourth-order valence-electron chi connectivity index (χ4n) is 2.94. The number of benzene rings is 2. The third kappa shape index (κ3) is 5.28. The number of halogens is 2. The van der Waals surface area contributed by atoms with E-state index in [9.17, 15) is 13.6 Å². The van der Waals surface area contributed by atoms with Crippen LogP contribution in [-0.4, -0.2) is 35.7 Å². The quantitative estimate of drug-likeness (QED) is 0.799. The molecule has 1 N–H and O–H groups in total. The highest BCUT2D eigenvalue weighted by molar-refractivity contribution is 8.00. The maximum Gasteiger partial charge on any atom is 0.230 e. The lowest BCUT2D eigenvalue weighted by Crippen LogP contribution is -2.38. The van der Waals surface area contributed by atoms with E-state index in [1.807, 2.05) is 18.2 Å². The van der Waals surface area contributed by atoms with Crippen molar-refractivity contribution in [1.82, 2.24) is 10.2 Å². The van der Waals surface area contributed by atoms with Crippen molar-refractivity contribution in [3.63, 3.8) is 0 Å². The fourth-order valence-corrected chi connectivity index (χ4v) is 3.67. The Labute approximate surface area is 150 Å². The normalized spacial score (nSPS) is 17.6. The Morgan fingerprint density at radius 2 is 2.00 bits per heavy atom. The van der Waals surface area contributed by atoms with Gasteiger partial charge >= 0.3 is 0 Å². The molecule has 132 valence electrons. The molecule has 0 bridgehead atoms. The van der Waals surface area contributed by atoms with E-state index in [-0.39, 0.29) is 22.6 Å². The smallest absolute Gasteiger partial charge is 0.230 e. The monoisotopic (exact) mass is 362 g/mol. The predicted molar refractivity (Wildman–Crippen MR) is 95.3 cm³/mol. The number of rotatable bonds is 6. The van der Waals surface area contributed by atoms with Gasteiger partial charge < -0.3 is 5.32 Å². The van der Waals surface area contributed by atoms with Gasteiger partial charge in [-0.3, -0.25) is 9.69 Å². The number of thioether (sulfide) groups is 1. The van der Waals surface area contributed by atoms with Crippen LogP contribution in [-0.2, 0) is 11.3 Å². The molecule has 1 atom stereocenters. The Balaban J connectivity index is 1.43. The Hall–Kier alpha value is -1.92. The van der Waals surface area contributed by atoms with Gasteiger partial charge in [0.05, 0.1) is 5.75 Å². The van der Waals surface area contributed by atoms with Gasteiger partial charge in [0.2, 0.25) is 5.91 Å². The Morgan fingerprint density at radius 1 is 1.20 bits per heavy atom. The highest BCUT2D eigenvalue weighted by Crippen LogP contribution is 2.22. The van der Waals surface area contributed by atoms with Crippen molar-refractivity contribution in [2.45, 2.75) is 23.9 Å². The van der Waals surface area contributed by atoms with E-state index >= 15 is 0 Å². The van der Waals surface area contributed by atoms with Crippen LogP contribution in [0.15, 0.2) is 53.4 Å². The Bertz CT molecular complexity index is 727. The summed E-state index contributed by atoms with van der Waals surface area (Å²) in [4.78, 5) is 14.7. The standard InChI is InChI=1S/C19H20F2N2OS/c20-15-6-7-18(17(21)10-15)25-13-19(24)22-16-8-9-23(12-16)11-14-4-2-1-3-5-14/h1-7,10,16H,8-9,11-13H2,(H,22,24)/t16-/m1/s1. The van der Waals surface area contributed by atoms with Crippen LogP contribution in [0.3, 0.4) is 0 Å². The van der Waals surface area contributed by atoms with E-state index in [1.165, 1.54) is 17.7 Å². The minimum Gasteiger partial charge on any atom is -0.351 e. The summed E-state index contributed by atoms with van der Waals surface area (Å²) in [5.41, 5.74) is 1.26. The molecule has 6 heteroatoms. The topological polar surface area (TPSA) is 32.3 Å². The van der Waals surface area contributed by atoms with Crippen molar-refractivity contribution >= 4 is 17.7 Å². The summed E-state index contributed by atoms with van der Waals surface area (Å²) in [6.45, 7) is 2.64. The van der Waals surface area contributed by atoms with Gasteiger partial charge in [-0.25, -0.2) is 8.78 Å². The van der Waals surface area contributed by atoms with E-state index < -0.39 is 11.6 Å². The predicted octanol–water partition coefficient (Wildman–Crippen LogP) is 3.45. The molecule has 0 aromatic heterocycles. The molecule has 0 unspecified atom stereocenters. The maximum absolute atomic E-state index is 13.6. The summed E-state index contributed by atoms with van der Waals surface area (Å²) in [5, 5.41) is 3.00. The first-order chi connectivity index (χ1) is 12.1. The number of nitrogens with one attached hydrogen (secondary N) is 1. The van der Waals surface area contributed by atoms with E-state index in [4.69, 9.17) is 0 Å². The summed E-state index contributed by atoms with van der Waals surface area (Å²) in [7, 11) is 0. The molecule has 1 amide bonds. The van der Waals surface area contributed by atoms with Crippen molar-refractivity contribution in [1.29, 1.82) is 0 Å². The lowest BCUT2D eigenvalue weighted by atomic mass is 10.2. The number of nitrogens with zero attached hydrogens (tertiary/aromatic N) is 1. The van der Waals surface area contributed by atoms with Gasteiger partial charge in [0.1, 0.15) is 11.6 Å². The van der Waals surface area contributed by atoms with Crippen molar-refractivity contribution < 1.29 is 13.6 Å². The molecule has 1 aliphatic heterocycles. The fraction of sp³-hybridized carbons (Fsp3) is 0.316. The molecule has 0 spiro atoms. The Morgan fingerprint density at radius 3 is 2.76 bits per heavy atom. The lowest BCUT2D eigenvalue weighted by Gasteiger charge is -2.16. The van der Waals surface area contributed by atoms with Crippen molar-refractivity contribution in [3.8, 4) is 0 Å². The molecular weight excluding hydrogens is 342 g/mol. The molecule has 25 heavy (non-hydrogen) atoms. The average molecular weight is 362 g/mol. The number of hydrogen-bond donors (Lipinski definition) is 1. The molecule has 3 nitrogen and oxygen atoms in total. The summed E-state index contributed by atoms with van der Waals surface area (Å²) < 4.78 is 26.4. The third-order valence-corrected chi connectivity index (χ3v) is 5.19. The van der Waals surface area contributed by atoms with Gasteiger partial charge in [-0.05, 0) is 24.1 Å². The van der Waals surface area contributed by atoms with Crippen LogP contribution < -0.4 is 5.32 Å². The summed E-state index contributed by atoms with van der Waals surface area (Å²) in [5.74, 6) is -1.25. The van der Waals surface area contributed by atoms with Crippen LogP contribution in [0.2, 0.25) is 0 Å². The van der Waals surface area contributed by atoms with Gasteiger partial charge in [-0.15, -0.1) is 11.8 Å². The van der Waals surface area contributed by atoms with Crippen LogP contribution in [0.5, 0.6) is 0 Å².